The molecule has 0 bridgehead atoms. The molecule has 5 nitrogen and oxygen atoms in total. The van der Waals surface area contributed by atoms with Gasteiger partial charge in [-0.25, -0.2) is 4.98 Å². The zero-order chi connectivity index (χ0) is 15.2. The van der Waals surface area contributed by atoms with Gasteiger partial charge in [-0.1, -0.05) is 12.1 Å². The fraction of sp³-hybridized carbons (Fsp3) is 0.294. The van der Waals surface area contributed by atoms with Crippen molar-refractivity contribution < 1.29 is 14.3 Å². The van der Waals surface area contributed by atoms with E-state index < -0.39 is 0 Å². The number of ether oxygens (including phenoxy) is 2. The Morgan fingerprint density at radius 1 is 1.00 bits per heavy atom. The molecule has 0 radical (unpaired) electrons. The second kappa shape index (κ2) is 6.93. The number of carbonyl (C=O) groups is 1. The summed E-state index contributed by atoms with van der Waals surface area (Å²) in [6.45, 7) is 1.27. The molecule has 5 heteroatoms. The summed E-state index contributed by atoms with van der Waals surface area (Å²) in [5, 5.41) is 2.90. The number of benzene rings is 1. The van der Waals surface area contributed by atoms with Crippen LogP contribution in [0, 0.1) is 0 Å². The lowest BCUT2D eigenvalue weighted by atomic mass is 10.2. The first kappa shape index (κ1) is 14.4. The smallest absolute Gasteiger partial charge is 0.256 e. The van der Waals surface area contributed by atoms with Crippen molar-refractivity contribution in [2.75, 3.05) is 13.2 Å². The Labute approximate surface area is 129 Å². The van der Waals surface area contributed by atoms with E-state index in [-0.39, 0.29) is 11.8 Å². The molecule has 3 rings (SSSR count). The third-order valence-electron chi connectivity index (χ3n) is 3.44. The zero-order valence-electron chi connectivity index (χ0n) is 12.2. The lowest BCUT2D eigenvalue weighted by Gasteiger charge is -2.13. The van der Waals surface area contributed by atoms with Crippen LogP contribution in [0.4, 0.5) is 0 Å². The minimum atomic E-state index is -0.166. The monoisotopic (exact) mass is 298 g/mol. The molecule has 0 atom stereocenters. The normalized spacial score (nSPS) is 15.5. The summed E-state index contributed by atoms with van der Waals surface area (Å²) in [6.07, 6.45) is 4.47. The van der Waals surface area contributed by atoms with Crippen molar-refractivity contribution in [2.45, 2.75) is 19.3 Å². The summed E-state index contributed by atoms with van der Waals surface area (Å²) in [5.41, 5.74) is 0.427. The number of pyridine rings is 1. The molecule has 1 aromatic carbocycles. The number of hydrogen-bond acceptors (Lipinski definition) is 4. The van der Waals surface area contributed by atoms with Crippen LogP contribution in [0.2, 0.25) is 0 Å². The molecule has 0 unspecified atom stereocenters. The van der Waals surface area contributed by atoms with E-state index in [4.69, 9.17) is 9.47 Å². The van der Waals surface area contributed by atoms with Gasteiger partial charge in [0.2, 0.25) is 5.88 Å². The molecule has 1 aromatic heterocycles. The van der Waals surface area contributed by atoms with Crippen molar-refractivity contribution in [2.24, 2.45) is 0 Å². The number of hydrogen-bond donors (Lipinski definition) is 1. The van der Waals surface area contributed by atoms with Crippen LogP contribution in [-0.4, -0.2) is 24.0 Å². The molecule has 1 amide bonds. The van der Waals surface area contributed by atoms with Crippen LogP contribution in [0.5, 0.6) is 17.4 Å². The average molecular weight is 298 g/mol. The van der Waals surface area contributed by atoms with Gasteiger partial charge in [0.15, 0.2) is 11.5 Å². The van der Waals surface area contributed by atoms with Gasteiger partial charge in [0.05, 0.1) is 6.61 Å². The zero-order valence-corrected chi connectivity index (χ0v) is 12.2. The van der Waals surface area contributed by atoms with Crippen molar-refractivity contribution in [3.05, 3.63) is 48.2 Å². The Kier molecular flexibility index (Phi) is 4.53. The molecule has 0 spiro atoms. The number of aromatic nitrogens is 1. The molecular weight excluding hydrogens is 280 g/mol. The van der Waals surface area contributed by atoms with Crippen LogP contribution >= 0.6 is 0 Å². The molecule has 1 aliphatic heterocycles. The Hall–Kier alpha value is -2.56. The van der Waals surface area contributed by atoms with Crippen LogP contribution in [0.15, 0.2) is 42.6 Å². The van der Waals surface area contributed by atoms with E-state index in [2.05, 4.69) is 10.3 Å². The van der Waals surface area contributed by atoms with Gasteiger partial charge < -0.3 is 14.8 Å². The largest absolute Gasteiger partial charge is 0.490 e. The number of nitrogens with one attached hydrogen (secondary N) is 1. The molecule has 2 heterocycles. The number of para-hydroxylation sites is 2. The first-order valence-corrected chi connectivity index (χ1v) is 7.47. The molecular formula is C17H18N2O3. The first-order chi connectivity index (χ1) is 10.8. The minimum absolute atomic E-state index is 0.166. The molecule has 0 aliphatic carbocycles. The van der Waals surface area contributed by atoms with Gasteiger partial charge in [0, 0.05) is 12.7 Å². The summed E-state index contributed by atoms with van der Waals surface area (Å²) in [5.74, 6) is 1.35. The maximum atomic E-state index is 12.3. The van der Waals surface area contributed by atoms with Crippen molar-refractivity contribution in [1.82, 2.24) is 10.3 Å². The van der Waals surface area contributed by atoms with Crippen LogP contribution < -0.4 is 14.8 Å². The van der Waals surface area contributed by atoms with Crippen molar-refractivity contribution in [3.63, 3.8) is 0 Å². The van der Waals surface area contributed by atoms with Gasteiger partial charge in [-0.15, -0.1) is 0 Å². The van der Waals surface area contributed by atoms with Crippen LogP contribution in [0.3, 0.4) is 0 Å². The summed E-state index contributed by atoms with van der Waals surface area (Å²) in [7, 11) is 0. The van der Waals surface area contributed by atoms with Gasteiger partial charge in [-0.2, -0.15) is 0 Å². The van der Waals surface area contributed by atoms with Crippen molar-refractivity contribution in [3.8, 4) is 17.4 Å². The predicted molar refractivity (Wildman–Crippen MR) is 82.4 cm³/mol. The van der Waals surface area contributed by atoms with Crippen molar-refractivity contribution >= 4 is 5.91 Å². The molecule has 0 fully saturated rings. The summed E-state index contributed by atoms with van der Waals surface area (Å²) in [6, 6.07) is 10.9. The minimum Gasteiger partial charge on any atom is -0.490 e. The van der Waals surface area contributed by atoms with Gasteiger partial charge in [-0.05, 0) is 43.5 Å². The predicted octanol–water partition coefficient (Wildman–Crippen LogP) is 3.17. The second-order valence-electron chi connectivity index (χ2n) is 5.07. The average Bonchev–Trinajstić information content (AvgIpc) is 2.56. The van der Waals surface area contributed by atoms with Gasteiger partial charge in [0.25, 0.3) is 5.91 Å². The molecule has 2 aromatic rings. The Morgan fingerprint density at radius 2 is 1.86 bits per heavy atom. The number of rotatable bonds is 0. The van der Waals surface area contributed by atoms with Crippen LogP contribution in [0.1, 0.15) is 29.6 Å². The highest BCUT2D eigenvalue weighted by atomic mass is 16.5. The van der Waals surface area contributed by atoms with Gasteiger partial charge >= 0.3 is 0 Å². The van der Waals surface area contributed by atoms with E-state index in [1.807, 2.05) is 24.3 Å². The topological polar surface area (TPSA) is 60.5 Å². The standard InChI is InChI=1S/C17H18N2O3/c20-16-13-7-6-11-19-17(13)22-15-9-3-2-8-14(15)21-12-5-1-4-10-18-16/h2-3,6-9,11H,1,4-5,10,12H2,(H,18,20). The number of nitrogens with zero attached hydrogens (tertiary/aromatic N) is 1. The fourth-order valence-electron chi connectivity index (χ4n) is 2.29. The highest BCUT2D eigenvalue weighted by molar-refractivity contribution is 5.96. The first-order valence-electron chi connectivity index (χ1n) is 7.47. The molecule has 1 N–H and O–H groups in total. The molecule has 22 heavy (non-hydrogen) atoms. The molecule has 0 saturated carbocycles. The van der Waals surface area contributed by atoms with E-state index in [1.54, 1.807) is 18.3 Å². The van der Waals surface area contributed by atoms with E-state index in [0.717, 1.165) is 19.3 Å². The Balaban J connectivity index is 1.96. The lowest BCUT2D eigenvalue weighted by molar-refractivity contribution is 0.0950. The maximum Gasteiger partial charge on any atom is 0.256 e. The van der Waals surface area contributed by atoms with Crippen molar-refractivity contribution in [1.29, 1.82) is 0 Å². The third kappa shape index (κ3) is 3.36. The van der Waals surface area contributed by atoms with E-state index in [1.165, 1.54) is 0 Å². The molecule has 114 valence electrons. The highest BCUT2D eigenvalue weighted by Crippen LogP contribution is 2.32. The van der Waals surface area contributed by atoms with E-state index >= 15 is 0 Å². The SMILES string of the molecule is O=C1NCCCCCOc2ccccc2Oc2ncccc21. The number of carbonyl (C=O) groups excluding carboxylic acids is 1. The summed E-state index contributed by atoms with van der Waals surface area (Å²) in [4.78, 5) is 16.4. The van der Waals surface area contributed by atoms with E-state index in [0.29, 0.717) is 30.2 Å². The van der Waals surface area contributed by atoms with Crippen LogP contribution in [0.25, 0.3) is 0 Å². The molecule has 1 aliphatic rings. The lowest BCUT2D eigenvalue weighted by Crippen LogP contribution is -2.25. The highest BCUT2D eigenvalue weighted by Gasteiger charge is 2.16. The number of amides is 1. The van der Waals surface area contributed by atoms with Gasteiger partial charge in [-0.3, -0.25) is 4.79 Å². The molecule has 0 saturated heterocycles. The fourth-order valence-corrected chi connectivity index (χ4v) is 2.29. The Bertz CT molecular complexity index is 658. The third-order valence-corrected chi connectivity index (χ3v) is 3.44. The summed E-state index contributed by atoms with van der Waals surface area (Å²) < 4.78 is 11.6. The Morgan fingerprint density at radius 3 is 2.77 bits per heavy atom. The van der Waals surface area contributed by atoms with Crippen LogP contribution in [-0.2, 0) is 0 Å². The van der Waals surface area contributed by atoms with E-state index in [9.17, 15) is 4.79 Å². The maximum absolute atomic E-state index is 12.3. The quantitative estimate of drug-likeness (QED) is 0.811. The second-order valence-corrected chi connectivity index (χ2v) is 5.07. The number of fused-ring (bicyclic) bond motifs is 2. The summed E-state index contributed by atoms with van der Waals surface area (Å²) >= 11 is 0. The van der Waals surface area contributed by atoms with Gasteiger partial charge in [0.1, 0.15) is 5.56 Å².